The maximum absolute atomic E-state index is 11.8. The Morgan fingerprint density at radius 2 is 2.11 bits per heavy atom. The zero-order valence-corrected chi connectivity index (χ0v) is 15.5. The average Bonchev–Trinajstić information content (AvgIpc) is 3.07. The summed E-state index contributed by atoms with van der Waals surface area (Å²) in [5, 5.41) is 9.43. The number of aromatic nitrogens is 3. The van der Waals surface area contributed by atoms with E-state index in [0.29, 0.717) is 11.6 Å². The Labute approximate surface area is 160 Å². The first-order valence-corrected chi connectivity index (χ1v) is 9.78. The molecular formula is C18H21N7OS. The lowest BCUT2D eigenvalue weighted by Gasteiger charge is -2.29. The highest BCUT2D eigenvalue weighted by Gasteiger charge is 2.23. The van der Waals surface area contributed by atoms with Crippen molar-refractivity contribution in [2.75, 3.05) is 10.6 Å². The van der Waals surface area contributed by atoms with Crippen molar-refractivity contribution in [2.24, 2.45) is 11.5 Å². The molecule has 3 aromatic heterocycles. The van der Waals surface area contributed by atoms with Gasteiger partial charge in [-0.2, -0.15) is 0 Å². The number of pyridine rings is 1. The minimum Gasteiger partial charge on any atom is -0.364 e. The lowest BCUT2D eigenvalue weighted by atomic mass is 9.91. The lowest BCUT2D eigenvalue weighted by molar-refractivity contribution is 0.0996. The van der Waals surface area contributed by atoms with Crippen LogP contribution in [0.15, 0.2) is 29.9 Å². The van der Waals surface area contributed by atoms with Crippen molar-refractivity contribution in [1.29, 1.82) is 0 Å². The van der Waals surface area contributed by atoms with E-state index in [1.807, 2.05) is 17.5 Å². The fourth-order valence-corrected chi connectivity index (χ4v) is 4.19. The topological polar surface area (TPSA) is 132 Å². The zero-order valence-electron chi connectivity index (χ0n) is 14.7. The first kappa shape index (κ1) is 17.6. The van der Waals surface area contributed by atoms with Gasteiger partial charge in [-0.3, -0.25) is 4.79 Å². The molecule has 2 atom stereocenters. The monoisotopic (exact) mass is 383 g/mol. The fraction of sp³-hybridized carbons (Fsp3) is 0.333. The number of primary amides is 1. The largest absolute Gasteiger partial charge is 0.364 e. The molecule has 1 amide bonds. The van der Waals surface area contributed by atoms with Crippen molar-refractivity contribution in [3.05, 3.63) is 35.6 Å². The number of thiophene rings is 1. The molecule has 140 valence electrons. The molecule has 8 nitrogen and oxygen atoms in total. The van der Waals surface area contributed by atoms with Crippen LogP contribution in [0.1, 0.15) is 36.2 Å². The summed E-state index contributed by atoms with van der Waals surface area (Å²) >= 11 is 1.51. The summed E-state index contributed by atoms with van der Waals surface area (Å²) in [5.41, 5.74) is 12.6. The van der Waals surface area contributed by atoms with Crippen LogP contribution in [0, 0.1) is 0 Å². The highest BCUT2D eigenvalue weighted by atomic mass is 32.1. The number of anilines is 3. The predicted molar refractivity (Wildman–Crippen MR) is 107 cm³/mol. The number of fused-ring (bicyclic) bond motifs is 1. The van der Waals surface area contributed by atoms with Gasteiger partial charge in [0, 0.05) is 29.0 Å². The third-order valence-electron chi connectivity index (χ3n) is 4.76. The molecule has 4 rings (SSSR count). The SMILES string of the molecule is NC(=O)c1ncc(N[C@@H]2CCCC[C@@H]2N)nc1Nc1csc2ncccc12. The molecule has 1 saturated carbocycles. The van der Waals surface area contributed by atoms with E-state index >= 15 is 0 Å². The molecule has 0 spiro atoms. The number of rotatable bonds is 5. The summed E-state index contributed by atoms with van der Waals surface area (Å²) in [4.78, 5) is 25.8. The smallest absolute Gasteiger partial charge is 0.271 e. The van der Waals surface area contributed by atoms with Crippen LogP contribution in [0.4, 0.5) is 17.3 Å². The van der Waals surface area contributed by atoms with Crippen molar-refractivity contribution in [2.45, 2.75) is 37.8 Å². The first-order chi connectivity index (χ1) is 13.1. The minimum atomic E-state index is -0.636. The second-order valence-electron chi connectivity index (χ2n) is 6.65. The first-order valence-electron chi connectivity index (χ1n) is 8.90. The number of amides is 1. The Morgan fingerprint density at radius 1 is 1.26 bits per heavy atom. The van der Waals surface area contributed by atoms with E-state index in [1.54, 1.807) is 6.20 Å². The van der Waals surface area contributed by atoms with E-state index in [-0.39, 0.29) is 17.8 Å². The molecular weight excluding hydrogens is 362 g/mol. The van der Waals surface area contributed by atoms with Crippen LogP contribution in [0.2, 0.25) is 0 Å². The highest BCUT2D eigenvalue weighted by molar-refractivity contribution is 7.17. The van der Waals surface area contributed by atoms with Gasteiger partial charge in [-0.15, -0.1) is 11.3 Å². The maximum atomic E-state index is 11.8. The number of carbonyl (C=O) groups excluding carboxylic acids is 1. The molecule has 1 fully saturated rings. The Balaban J connectivity index is 1.64. The zero-order chi connectivity index (χ0) is 18.8. The average molecular weight is 383 g/mol. The van der Waals surface area contributed by atoms with Crippen molar-refractivity contribution in [3.8, 4) is 0 Å². The van der Waals surface area contributed by atoms with E-state index in [9.17, 15) is 4.79 Å². The molecule has 0 unspecified atom stereocenters. The number of hydrogen-bond donors (Lipinski definition) is 4. The van der Waals surface area contributed by atoms with Gasteiger partial charge in [0.25, 0.3) is 5.91 Å². The van der Waals surface area contributed by atoms with Gasteiger partial charge in [-0.25, -0.2) is 15.0 Å². The van der Waals surface area contributed by atoms with Crippen LogP contribution in [0.3, 0.4) is 0 Å². The van der Waals surface area contributed by atoms with Gasteiger partial charge >= 0.3 is 0 Å². The van der Waals surface area contributed by atoms with Crippen LogP contribution >= 0.6 is 11.3 Å². The Bertz CT molecular complexity index is 973. The molecule has 1 aliphatic rings. The number of carbonyl (C=O) groups is 1. The second-order valence-corrected chi connectivity index (χ2v) is 7.50. The lowest BCUT2D eigenvalue weighted by Crippen LogP contribution is -2.42. The summed E-state index contributed by atoms with van der Waals surface area (Å²) < 4.78 is 0. The van der Waals surface area contributed by atoms with Gasteiger partial charge in [0.15, 0.2) is 11.5 Å². The minimum absolute atomic E-state index is 0.0830. The molecule has 0 radical (unpaired) electrons. The summed E-state index contributed by atoms with van der Waals surface area (Å²) in [5.74, 6) is 0.256. The Kier molecular flexibility index (Phi) is 4.87. The van der Waals surface area contributed by atoms with E-state index < -0.39 is 5.91 Å². The van der Waals surface area contributed by atoms with Crippen molar-refractivity contribution < 1.29 is 4.79 Å². The molecule has 0 aromatic carbocycles. The van der Waals surface area contributed by atoms with Crippen LogP contribution < -0.4 is 22.1 Å². The van der Waals surface area contributed by atoms with Crippen LogP contribution in [0.25, 0.3) is 10.2 Å². The maximum Gasteiger partial charge on any atom is 0.271 e. The van der Waals surface area contributed by atoms with E-state index in [2.05, 4.69) is 25.6 Å². The van der Waals surface area contributed by atoms with Crippen LogP contribution in [-0.4, -0.2) is 32.9 Å². The van der Waals surface area contributed by atoms with Crippen molar-refractivity contribution in [1.82, 2.24) is 15.0 Å². The molecule has 27 heavy (non-hydrogen) atoms. The molecule has 9 heteroatoms. The Hall–Kier alpha value is -2.78. The predicted octanol–water partition coefficient (Wildman–Crippen LogP) is 2.61. The molecule has 6 N–H and O–H groups in total. The quantitative estimate of drug-likeness (QED) is 0.532. The molecule has 0 aliphatic heterocycles. The fourth-order valence-electron chi connectivity index (χ4n) is 3.35. The number of nitrogens with two attached hydrogens (primary N) is 2. The molecule has 0 saturated heterocycles. The van der Waals surface area contributed by atoms with Gasteiger partial charge in [0.05, 0.1) is 11.9 Å². The third-order valence-corrected chi connectivity index (χ3v) is 5.66. The summed E-state index contributed by atoms with van der Waals surface area (Å²) in [6, 6.07) is 4.05. The molecule has 0 bridgehead atoms. The van der Waals surface area contributed by atoms with Gasteiger partial charge in [-0.1, -0.05) is 12.8 Å². The van der Waals surface area contributed by atoms with Gasteiger partial charge < -0.3 is 22.1 Å². The van der Waals surface area contributed by atoms with Gasteiger partial charge in [0.1, 0.15) is 10.6 Å². The van der Waals surface area contributed by atoms with Crippen molar-refractivity contribution in [3.63, 3.8) is 0 Å². The molecule has 3 heterocycles. The molecule has 3 aromatic rings. The number of hydrogen-bond acceptors (Lipinski definition) is 8. The number of nitrogens with one attached hydrogen (secondary N) is 2. The van der Waals surface area contributed by atoms with E-state index in [4.69, 9.17) is 11.5 Å². The number of nitrogens with zero attached hydrogens (tertiary/aromatic N) is 3. The van der Waals surface area contributed by atoms with Crippen LogP contribution in [0.5, 0.6) is 0 Å². The second kappa shape index (κ2) is 7.45. The van der Waals surface area contributed by atoms with Crippen molar-refractivity contribution >= 4 is 44.8 Å². The summed E-state index contributed by atoms with van der Waals surface area (Å²) in [6.45, 7) is 0. The third kappa shape index (κ3) is 3.69. The normalized spacial score (nSPS) is 19.7. The standard InChI is InChI=1S/C18H21N7OS/c19-11-5-1-2-6-12(11)23-14-8-22-15(16(20)26)17(25-14)24-13-9-27-18-10(13)4-3-7-21-18/h3-4,7-9,11-12H,1-2,5-6,19H2,(H2,20,26)(H2,23,24,25)/t11-,12+/m0/s1. The van der Waals surface area contributed by atoms with E-state index in [1.165, 1.54) is 17.5 Å². The Morgan fingerprint density at radius 3 is 2.93 bits per heavy atom. The summed E-state index contributed by atoms with van der Waals surface area (Å²) in [7, 11) is 0. The molecule has 1 aliphatic carbocycles. The van der Waals surface area contributed by atoms with Gasteiger partial charge in [-0.05, 0) is 25.0 Å². The van der Waals surface area contributed by atoms with Crippen LogP contribution in [-0.2, 0) is 0 Å². The highest BCUT2D eigenvalue weighted by Crippen LogP contribution is 2.31. The van der Waals surface area contributed by atoms with E-state index in [0.717, 1.165) is 41.6 Å². The summed E-state index contributed by atoms with van der Waals surface area (Å²) in [6.07, 6.45) is 7.54. The van der Waals surface area contributed by atoms with Gasteiger partial charge in [0.2, 0.25) is 0 Å².